The van der Waals surface area contributed by atoms with Gasteiger partial charge in [0.1, 0.15) is 5.69 Å². The molecule has 4 aromatic rings. The molecule has 1 atom stereocenters. The summed E-state index contributed by atoms with van der Waals surface area (Å²) >= 11 is 0. The second-order valence-electron chi connectivity index (χ2n) is 9.63. The molecule has 0 unspecified atom stereocenters. The summed E-state index contributed by atoms with van der Waals surface area (Å²) < 4.78 is 0. The first-order valence-corrected chi connectivity index (χ1v) is 13.0. The molecule has 0 radical (unpaired) electrons. The van der Waals surface area contributed by atoms with E-state index in [1.54, 1.807) is 0 Å². The summed E-state index contributed by atoms with van der Waals surface area (Å²) in [5.41, 5.74) is 4.41. The summed E-state index contributed by atoms with van der Waals surface area (Å²) in [5, 5.41) is 13.0. The molecule has 0 spiro atoms. The molecule has 186 valence electrons. The summed E-state index contributed by atoms with van der Waals surface area (Å²) in [6, 6.07) is 30.5. The molecule has 37 heavy (non-hydrogen) atoms. The molecule has 1 aliphatic heterocycles. The van der Waals surface area contributed by atoms with E-state index in [4.69, 9.17) is 9.97 Å². The highest BCUT2D eigenvalue weighted by Gasteiger charge is 2.30. The Bertz CT molecular complexity index is 1380. The molecule has 6 heteroatoms. The van der Waals surface area contributed by atoms with Crippen LogP contribution >= 0.6 is 0 Å². The van der Waals surface area contributed by atoms with Crippen LogP contribution in [0.25, 0.3) is 11.0 Å². The lowest BCUT2D eigenvalue weighted by Gasteiger charge is -2.34. The van der Waals surface area contributed by atoms with Crippen LogP contribution in [0.2, 0.25) is 0 Å². The highest BCUT2D eigenvalue weighted by atomic mass is 16.1. The third-order valence-electron chi connectivity index (χ3n) is 7.08. The van der Waals surface area contributed by atoms with Gasteiger partial charge in [0.25, 0.3) is 0 Å². The molecule has 0 aliphatic carbocycles. The van der Waals surface area contributed by atoms with Crippen LogP contribution < -0.4 is 10.2 Å². The molecule has 5 rings (SSSR count). The van der Waals surface area contributed by atoms with Crippen LogP contribution in [-0.4, -0.2) is 35.5 Å². The molecule has 1 aromatic heterocycles. The molecule has 1 aliphatic rings. The summed E-state index contributed by atoms with van der Waals surface area (Å²) in [6.07, 6.45) is 3.83. The number of nitriles is 1. The van der Waals surface area contributed by atoms with E-state index in [1.807, 2.05) is 54.6 Å². The van der Waals surface area contributed by atoms with Gasteiger partial charge < -0.3 is 10.2 Å². The minimum atomic E-state index is -1.02. The van der Waals surface area contributed by atoms with Gasteiger partial charge in [-0.1, -0.05) is 72.8 Å². The Labute approximate surface area is 218 Å². The van der Waals surface area contributed by atoms with Gasteiger partial charge in [-0.05, 0) is 54.9 Å². The average Bonchev–Trinajstić information content (AvgIpc) is 2.95. The minimum Gasteiger partial charge on any atom is -0.355 e. The number of amides is 1. The van der Waals surface area contributed by atoms with Gasteiger partial charge in [-0.15, -0.1) is 0 Å². The molecule has 1 saturated heterocycles. The SMILES string of the molecule is N#C[C@@H](C(=O)NCCc1ccccc1)c1nc2ccccc2nc1N1CCC(Cc2ccccc2)CC1. The molecule has 2 heterocycles. The lowest BCUT2D eigenvalue weighted by molar-refractivity contribution is -0.121. The van der Waals surface area contributed by atoms with Crippen molar-refractivity contribution in [1.82, 2.24) is 15.3 Å². The van der Waals surface area contributed by atoms with Gasteiger partial charge in [-0.2, -0.15) is 5.26 Å². The predicted molar refractivity (Wildman–Crippen MR) is 146 cm³/mol. The summed E-state index contributed by atoms with van der Waals surface area (Å²) in [6.45, 7) is 2.11. The Morgan fingerprint density at radius 3 is 2.14 bits per heavy atom. The quantitative estimate of drug-likeness (QED) is 0.374. The second kappa shape index (κ2) is 11.7. The molecule has 0 bridgehead atoms. The number of aromatic nitrogens is 2. The number of piperidine rings is 1. The van der Waals surface area contributed by atoms with E-state index in [0.29, 0.717) is 35.9 Å². The zero-order valence-corrected chi connectivity index (χ0v) is 20.9. The smallest absolute Gasteiger partial charge is 0.243 e. The van der Waals surface area contributed by atoms with Crippen LogP contribution in [0, 0.1) is 17.2 Å². The standard InChI is InChI=1S/C31H31N5O/c32-22-26(31(37)33-18-15-23-9-3-1-4-10-23)29-30(35-28-14-8-7-13-27(28)34-29)36-19-16-25(17-20-36)21-24-11-5-2-6-12-24/h1-14,25-26H,15-21H2,(H,33,37)/t26-/m1/s1. The molecule has 3 aromatic carbocycles. The first kappa shape index (κ1) is 24.5. The number of fused-ring (bicyclic) bond motifs is 1. The van der Waals surface area contributed by atoms with Gasteiger partial charge in [0.05, 0.1) is 17.1 Å². The fourth-order valence-electron chi connectivity index (χ4n) is 5.05. The van der Waals surface area contributed by atoms with Crippen molar-refractivity contribution in [3.8, 4) is 6.07 Å². The monoisotopic (exact) mass is 489 g/mol. The Hall–Kier alpha value is -4.24. The van der Waals surface area contributed by atoms with Crippen molar-refractivity contribution in [3.05, 3.63) is 102 Å². The number of anilines is 1. The third-order valence-corrected chi connectivity index (χ3v) is 7.08. The number of carbonyl (C=O) groups is 1. The first-order valence-electron chi connectivity index (χ1n) is 13.0. The Balaban J connectivity index is 1.34. The lowest BCUT2D eigenvalue weighted by Crippen LogP contribution is -2.37. The summed E-state index contributed by atoms with van der Waals surface area (Å²) in [5.74, 6) is -0.0988. The number of rotatable bonds is 8. The van der Waals surface area contributed by atoms with Gasteiger partial charge in [0.15, 0.2) is 11.7 Å². The third kappa shape index (κ3) is 5.95. The summed E-state index contributed by atoms with van der Waals surface area (Å²) in [4.78, 5) is 25.1. The van der Waals surface area contributed by atoms with E-state index in [9.17, 15) is 10.1 Å². The van der Waals surface area contributed by atoms with Crippen LogP contribution in [0.3, 0.4) is 0 Å². The topological polar surface area (TPSA) is 81.9 Å². The number of carbonyl (C=O) groups excluding carboxylic acids is 1. The number of hydrogen-bond donors (Lipinski definition) is 1. The van der Waals surface area contributed by atoms with Crippen LogP contribution in [0.1, 0.15) is 35.6 Å². The van der Waals surface area contributed by atoms with Crippen molar-refractivity contribution in [2.75, 3.05) is 24.5 Å². The molecular weight excluding hydrogens is 458 g/mol. The molecule has 1 amide bonds. The van der Waals surface area contributed by atoms with Gasteiger partial charge in [-0.25, -0.2) is 9.97 Å². The van der Waals surface area contributed by atoms with E-state index in [-0.39, 0.29) is 5.91 Å². The van der Waals surface area contributed by atoms with Crippen molar-refractivity contribution < 1.29 is 4.79 Å². The zero-order valence-electron chi connectivity index (χ0n) is 20.9. The van der Waals surface area contributed by atoms with E-state index < -0.39 is 5.92 Å². The van der Waals surface area contributed by atoms with Crippen molar-refractivity contribution >= 4 is 22.8 Å². The average molecular weight is 490 g/mol. The second-order valence-corrected chi connectivity index (χ2v) is 9.63. The predicted octanol–water partition coefficient (Wildman–Crippen LogP) is 5.05. The minimum absolute atomic E-state index is 0.330. The van der Waals surface area contributed by atoms with Crippen LogP contribution in [0.4, 0.5) is 5.82 Å². The molecule has 6 nitrogen and oxygen atoms in total. The summed E-state index contributed by atoms with van der Waals surface area (Å²) in [7, 11) is 0. The number of para-hydroxylation sites is 2. The van der Waals surface area contributed by atoms with Crippen LogP contribution in [-0.2, 0) is 17.6 Å². The van der Waals surface area contributed by atoms with E-state index >= 15 is 0 Å². The molecular formula is C31H31N5O. The molecule has 1 N–H and O–H groups in total. The Morgan fingerprint density at radius 1 is 0.892 bits per heavy atom. The van der Waals surface area contributed by atoms with E-state index in [2.05, 4.69) is 46.6 Å². The van der Waals surface area contributed by atoms with Crippen LogP contribution in [0.15, 0.2) is 84.9 Å². The molecule has 1 fully saturated rings. The first-order chi connectivity index (χ1) is 18.2. The van der Waals surface area contributed by atoms with Crippen molar-refractivity contribution in [2.24, 2.45) is 5.92 Å². The lowest BCUT2D eigenvalue weighted by atomic mass is 9.90. The fourth-order valence-corrected chi connectivity index (χ4v) is 5.05. The fraction of sp³-hybridized carbons (Fsp3) is 0.290. The maximum Gasteiger partial charge on any atom is 0.243 e. The van der Waals surface area contributed by atoms with Crippen molar-refractivity contribution in [2.45, 2.75) is 31.6 Å². The number of benzene rings is 3. The Morgan fingerprint density at radius 2 is 1.49 bits per heavy atom. The normalized spacial score (nSPS) is 14.7. The maximum atomic E-state index is 13.2. The van der Waals surface area contributed by atoms with Crippen molar-refractivity contribution in [1.29, 1.82) is 5.26 Å². The number of nitrogens with one attached hydrogen (secondary N) is 1. The highest BCUT2D eigenvalue weighted by Crippen LogP contribution is 2.31. The number of nitrogens with zero attached hydrogens (tertiary/aromatic N) is 4. The molecule has 0 saturated carbocycles. The Kier molecular flexibility index (Phi) is 7.71. The zero-order chi connectivity index (χ0) is 25.5. The van der Waals surface area contributed by atoms with E-state index in [1.165, 1.54) is 5.56 Å². The van der Waals surface area contributed by atoms with Crippen molar-refractivity contribution in [3.63, 3.8) is 0 Å². The van der Waals surface area contributed by atoms with Crippen LogP contribution in [0.5, 0.6) is 0 Å². The van der Waals surface area contributed by atoms with Gasteiger partial charge in [-0.3, -0.25) is 4.79 Å². The highest BCUT2D eigenvalue weighted by molar-refractivity contribution is 5.88. The van der Waals surface area contributed by atoms with Gasteiger partial charge >= 0.3 is 0 Å². The van der Waals surface area contributed by atoms with Gasteiger partial charge in [0, 0.05) is 19.6 Å². The van der Waals surface area contributed by atoms with E-state index in [0.717, 1.165) is 43.4 Å². The largest absolute Gasteiger partial charge is 0.355 e. The maximum absolute atomic E-state index is 13.2. The van der Waals surface area contributed by atoms with Gasteiger partial charge in [0.2, 0.25) is 5.91 Å². The number of hydrogen-bond acceptors (Lipinski definition) is 5.